The van der Waals surface area contributed by atoms with Crippen LogP contribution in [0, 0.1) is 6.92 Å². The average molecular weight is 308 g/mol. The van der Waals surface area contributed by atoms with Gasteiger partial charge in [-0.2, -0.15) is 0 Å². The van der Waals surface area contributed by atoms with E-state index < -0.39 is 5.91 Å². The summed E-state index contributed by atoms with van der Waals surface area (Å²) in [6.07, 6.45) is 2.70. The fourth-order valence-electron chi connectivity index (χ4n) is 2.79. The number of nitrogens with zero attached hydrogens (tertiary/aromatic N) is 1. The number of hydrogen-bond acceptors (Lipinski definition) is 3. The van der Waals surface area contributed by atoms with Crippen LogP contribution in [-0.2, 0) is 16.0 Å². The number of aromatic nitrogens is 1. The van der Waals surface area contributed by atoms with E-state index in [9.17, 15) is 14.7 Å². The van der Waals surface area contributed by atoms with Crippen molar-refractivity contribution >= 4 is 23.4 Å². The number of carbonyl (C=O) groups is 2. The number of nitrogens with one attached hydrogen (secondary N) is 1. The molecule has 2 N–H and O–H groups in total. The molecule has 2 heterocycles. The highest BCUT2D eigenvalue weighted by atomic mass is 16.3. The standard InChI is InChI=1S/C18H16N2O3/c1-12-14(10-13-6-3-2-4-7-13)20-9-5-8-15(22)18(20)17(12)19-16(23)11-21/h2-9,11,22H,10H2,1H3,(H,19,23). The highest BCUT2D eigenvalue weighted by molar-refractivity contribution is 6.30. The quantitative estimate of drug-likeness (QED) is 0.575. The molecule has 0 aliphatic rings. The van der Waals surface area contributed by atoms with Crippen LogP contribution >= 0.6 is 0 Å². The van der Waals surface area contributed by atoms with Gasteiger partial charge in [0.15, 0.2) is 0 Å². The summed E-state index contributed by atoms with van der Waals surface area (Å²) in [5.41, 5.74) is 3.85. The van der Waals surface area contributed by atoms with Gasteiger partial charge in [0.2, 0.25) is 6.29 Å². The van der Waals surface area contributed by atoms with Crippen LogP contribution in [0.1, 0.15) is 16.8 Å². The number of rotatable bonds is 4. The van der Waals surface area contributed by atoms with E-state index in [1.54, 1.807) is 12.1 Å². The number of aldehydes is 1. The molecular weight excluding hydrogens is 292 g/mol. The van der Waals surface area contributed by atoms with Crippen LogP contribution in [0.15, 0.2) is 48.7 Å². The molecule has 0 bridgehead atoms. The Kier molecular flexibility index (Phi) is 3.85. The normalized spacial score (nSPS) is 10.7. The largest absolute Gasteiger partial charge is 0.506 e. The lowest BCUT2D eigenvalue weighted by Gasteiger charge is -2.05. The first-order valence-corrected chi connectivity index (χ1v) is 7.23. The maximum absolute atomic E-state index is 11.5. The number of benzene rings is 1. The first-order valence-electron chi connectivity index (χ1n) is 7.23. The molecule has 0 atom stereocenters. The van der Waals surface area contributed by atoms with E-state index in [1.165, 1.54) is 0 Å². The van der Waals surface area contributed by atoms with Gasteiger partial charge >= 0.3 is 0 Å². The van der Waals surface area contributed by atoms with Crippen LogP contribution < -0.4 is 5.32 Å². The highest BCUT2D eigenvalue weighted by Gasteiger charge is 2.19. The van der Waals surface area contributed by atoms with E-state index >= 15 is 0 Å². The van der Waals surface area contributed by atoms with Crippen molar-refractivity contribution < 1.29 is 14.7 Å². The minimum atomic E-state index is -0.741. The molecular formula is C18H16N2O3. The van der Waals surface area contributed by atoms with Crippen molar-refractivity contribution in [3.63, 3.8) is 0 Å². The Morgan fingerprint density at radius 1 is 1.22 bits per heavy atom. The van der Waals surface area contributed by atoms with Gasteiger partial charge in [-0.3, -0.25) is 9.59 Å². The van der Waals surface area contributed by atoms with Gasteiger partial charge in [0, 0.05) is 18.3 Å². The molecule has 0 spiro atoms. The minimum Gasteiger partial charge on any atom is -0.506 e. The van der Waals surface area contributed by atoms with Crippen molar-refractivity contribution in [3.05, 3.63) is 65.5 Å². The summed E-state index contributed by atoms with van der Waals surface area (Å²) in [7, 11) is 0. The number of hydrogen-bond donors (Lipinski definition) is 2. The van der Waals surface area contributed by atoms with Crippen LogP contribution in [-0.4, -0.2) is 21.7 Å². The molecule has 1 amide bonds. The molecule has 1 aromatic carbocycles. The van der Waals surface area contributed by atoms with E-state index in [0.717, 1.165) is 16.8 Å². The molecule has 0 radical (unpaired) electrons. The lowest BCUT2D eigenvalue weighted by molar-refractivity contribution is -0.127. The minimum absolute atomic E-state index is 0.0520. The Morgan fingerprint density at radius 3 is 2.65 bits per heavy atom. The van der Waals surface area contributed by atoms with Gasteiger partial charge in [0.25, 0.3) is 5.91 Å². The fourth-order valence-corrected chi connectivity index (χ4v) is 2.79. The third-order valence-corrected chi connectivity index (χ3v) is 3.88. The Labute approximate surface area is 133 Å². The average Bonchev–Trinajstić information content (AvgIpc) is 2.82. The van der Waals surface area contributed by atoms with Gasteiger partial charge in [0.1, 0.15) is 11.3 Å². The van der Waals surface area contributed by atoms with Gasteiger partial charge in [-0.15, -0.1) is 0 Å². The molecule has 2 aromatic heterocycles. The first kappa shape index (κ1) is 14.8. The van der Waals surface area contributed by atoms with Crippen molar-refractivity contribution in [1.29, 1.82) is 0 Å². The molecule has 0 aliphatic heterocycles. The van der Waals surface area contributed by atoms with Crippen LogP contribution in [0.2, 0.25) is 0 Å². The topological polar surface area (TPSA) is 70.8 Å². The SMILES string of the molecule is Cc1c(NC(=O)C=O)c2c(O)cccn2c1Cc1ccccc1. The fraction of sp³-hybridized carbons (Fsp3) is 0.111. The number of carbonyl (C=O) groups excluding carboxylic acids is 2. The van der Waals surface area contributed by atoms with Crippen LogP contribution in [0.3, 0.4) is 0 Å². The maximum Gasteiger partial charge on any atom is 0.288 e. The number of fused-ring (bicyclic) bond motifs is 1. The smallest absolute Gasteiger partial charge is 0.288 e. The second-order valence-electron chi connectivity index (χ2n) is 5.33. The third-order valence-electron chi connectivity index (χ3n) is 3.88. The summed E-state index contributed by atoms with van der Waals surface area (Å²) in [6, 6.07) is 13.2. The second kappa shape index (κ2) is 5.96. The summed E-state index contributed by atoms with van der Waals surface area (Å²) in [5, 5.41) is 12.7. The maximum atomic E-state index is 11.5. The van der Waals surface area contributed by atoms with Crippen LogP contribution in [0.25, 0.3) is 5.52 Å². The molecule has 0 fully saturated rings. The van der Waals surface area contributed by atoms with E-state index in [2.05, 4.69) is 5.32 Å². The molecule has 3 rings (SSSR count). The van der Waals surface area contributed by atoms with Gasteiger partial charge < -0.3 is 14.8 Å². The molecule has 23 heavy (non-hydrogen) atoms. The zero-order valence-corrected chi connectivity index (χ0v) is 12.6. The summed E-state index contributed by atoms with van der Waals surface area (Å²) in [6.45, 7) is 1.87. The molecule has 0 saturated carbocycles. The van der Waals surface area contributed by atoms with Crippen LogP contribution in [0.5, 0.6) is 5.75 Å². The monoisotopic (exact) mass is 308 g/mol. The molecule has 3 aromatic rings. The lowest BCUT2D eigenvalue weighted by atomic mass is 10.1. The van der Waals surface area contributed by atoms with E-state index in [-0.39, 0.29) is 12.0 Å². The number of anilines is 1. The summed E-state index contributed by atoms with van der Waals surface area (Å²) in [4.78, 5) is 22.1. The Morgan fingerprint density at radius 2 is 1.96 bits per heavy atom. The summed E-state index contributed by atoms with van der Waals surface area (Å²) >= 11 is 0. The predicted octanol–water partition coefficient (Wildman–Crippen LogP) is 2.68. The predicted molar refractivity (Wildman–Crippen MR) is 87.7 cm³/mol. The number of pyridine rings is 1. The zero-order valence-electron chi connectivity index (χ0n) is 12.6. The third kappa shape index (κ3) is 2.68. The number of aromatic hydroxyl groups is 1. The molecule has 0 saturated heterocycles. The highest BCUT2D eigenvalue weighted by Crippen LogP contribution is 2.34. The van der Waals surface area contributed by atoms with Crippen molar-refractivity contribution in [2.75, 3.05) is 5.32 Å². The molecule has 0 unspecified atom stereocenters. The first-order chi connectivity index (χ1) is 11.1. The van der Waals surface area contributed by atoms with E-state index in [4.69, 9.17) is 0 Å². The van der Waals surface area contributed by atoms with E-state index in [1.807, 2.05) is 47.9 Å². The van der Waals surface area contributed by atoms with Crippen molar-refractivity contribution in [2.24, 2.45) is 0 Å². The Balaban J connectivity index is 2.18. The number of amides is 1. The summed E-state index contributed by atoms with van der Waals surface area (Å²) < 4.78 is 1.85. The Hall–Kier alpha value is -3.08. The molecule has 5 heteroatoms. The van der Waals surface area contributed by atoms with Crippen molar-refractivity contribution in [2.45, 2.75) is 13.3 Å². The van der Waals surface area contributed by atoms with Gasteiger partial charge in [-0.1, -0.05) is 30.3 Å². The van der Waals surface area contributed by atoms with Crippen molar-refractivity contribution in [1.82, 2.24) is 4.40 Å². The van der Waals surface area contributed by atoms with Gasteiger partial charge in [-0.05, 0) is 30.2 Å². The van der Waals surface area contributed by atoms with E-state index in [0.29, 0.717) is 17.6 Å². The molecule has 5 nitrogen and oxygen atoms in total. The van der Waals surface area contributed by atoms with Gasteiger partial charge in [0.05, 0.1) is 5.69 Å². The van der Waals surface area contributed by atoms with Crippen LogP contribution in [0.4, 0.5) is 5.69 Å². The second-order valence-corrected chi connectivity index (χ2v) is 5.33. The van der Waals surface area contributed by atoms with Gasteiger partial charge in [-0.25, -0.2) is 0 Å². The Bertz CT molecular complexity index is 882. The molecule has 116 valence electrons. The molecule has 0 aliphatic carbocycles. The zero-order chi connectivity index (χ0) is 16.4. The van der Waals surface area contributed by atoms with Crippen molar-refractivity contribution in [3.8, 4) is 5.75 Å². The summed E-state index contributed by atoms with van der Waals surface area (Å²) in [5.74, 6) is -0.689. The lowest BCUT2D eigenvalue weighted by Crippen LogP contribution is -2.12.